The Morgan fingerprint density at radius 3 is 2.80 bits per heavy atom. The van der Waals surface area contributed by atoms with Crippen molar-refractivity contribution >= 4 is 29.9 Å². The Labute approximate surface area is 165 Å². The van der Waals surface area contributed by atoms with Crippen LogP contribution in [0.3, 0.4) is 0 Å². The van der Waals surface area contributed by atoms with E-state index in [0.717, 1.165) is 42.7 Å². The van der Waals surface area contributed by atoms with E-state index in [9.17, 15) is 0 Å². The summed E-state index contributed by atoms with van der Waals surface area (Å²) in [5.74, 6) is 3.68. The number of aliphatic imine (C=N–C) groups is 1. The van der Waals surface area contributed by atoms with Gasteiger partial charge in [-0.25, -0.2) is 4.98 Å². The second-order valence-corrected chi connectivity index (χ2v) is 5.93. The number of hydrogen-bond donors (Lipinski definition) is 2. The summed E-state index contributed by atoms with van der Waals surface area (Å²) in [5.41, 5.74) is 2.18. The molecule has 0 spiro atoms. The predicted molar refractivity (Wildman–Crippen MR) is 109 cm³/mol. The molecule has 1 aliphatic rings. The molecule has 0 amide bonds. The first-order chi connectivity index (χ1) is 11.7. The van der Waals surface area contributed by atoms with Gasteiger partial charge in [-0.15, -0.1) is 24.0 Å². The minimum absolute atomic E-state index is 0. The molecule has 2 aromatic rings. The predicted octanol–water partition coefficient (Wildman–Crippen LogP) is 3.14. The van der Waals surface area contributed by atoms with Crippen molar-refractivity contribution in [1.29, 1.82) is 0 Å². The first-order valence-electron chi connectivity index (χ1n) is 8.26. The molecule has 7 heteroatoms. The zero-order valence-electron chi connectivity index (χ0n) is 14.8. The van der Waals surface area contributed by atoms with Gasteiger partial charge in [0.25, 0.3) is 0 Å². The highest BCUT2D eigenvalue weighted by molar-refractivity contribution is 14.0. The molecule has 2 N–H and O–H groups in total. The van der Waals surface area contributed by atoms with Gasteiger partial charge in [0.1, 0.15) is 11.5 Å². The molecular weight excluding hydrogens is 431 g/mol. The van der Waals surface area contributed by atoms with Crippen LogP contribution in [0.25, 0.3) is 0 Å². The molecule has 1 aromatic heterocycles. The minimum Gasteiger partial charge on any atom is -0.493 e. The lowest BCUT2D eigenvalue weighted by Gasteiger charge is -2.26. The molecule has 6 nitrogen and oxygen atoms in total. The molecule has 2 heterocycles. The molecule has 0 saturated heterocycles. The van der Waals surface area contributed by atoms with Crippen molar-refractivity contribution in [2.75, 3.05) is 20.2 Å². The van der Waals surface area contributed by atoms with Gasteiger partial charge in [0.2, 0.25) is 5.89 Å². The number of nitrogens with one attached hydrogen (secondary N) is 2. The molecule has 1 atom stereocenters. The summed E-state index contributed by atoms with van der Waals surface area (Å²) in [7, 11) is 1.76. The van der Waals surface area contributed by atoms with Crippen LogP contribution in [0.4, 0.5) is 0 Å². The number of nitrogens with zero attached hydrogens (tertiary/aromatic N) is 2. The molecule has 0 radical (unpaired) electrons. The van der Waals surface area contributed by atoms with E-state index >= 15 is 0 Å². The van der Waals surface area contributed by atoms with E-state index in [0.29, 0.717) is 18.4 Å². The quantitative estimate of drug-likeness (QED) is 0.420. The van der Waals surface area contributed by atoms with Crippen LogP contribution >= 0.6 is 24.0 Å². The van der Waals surface area contributed by atoms with Crippen LogP contribution in [0, 0.1) is 13.8 Å². The summed E-state index contributed by atoms with van der Waals surface area (Å²) < 4.78 is 11.3. The summed E-state index contributed by atoms with van der Waals surface area (Å²) in [6.45, 7) is 5.94. The number of oxazole rings is 1. The molecule has 1 aromatic carbocycles. The molecule has 0 aliphatic carbocycles. The number of guanidine groups is 1. The average Bonchev–Trinajstić information content (AvgIpc) is 2.93. The molecular formula is C18H25IN4O2. The van der Waals surface area contributed by atoms with Gasteiger partial charge in [0.15, 0.2) is 5.96 Å². The second-order valence-electron chi connectivity index (χ2n) is 5.93. The number of fused-ring (bicyclic) bond motifs is 1. The van der Waals surface area contributed by atoms with Crippen molar-refractivity contribution in [3.8, 4) is 5.75 Å². The summed E-state index contributed by atoms with van der Waals surface area (Å²) in [6.07, 6.45) is 0.999. The molecule has 136 valence electrons. The van der Waals surface area contributed by atoms with Crippen LogP contribution in [-0.4, -0.2) is 31.1 Å². The Morgan fingerprint density at radius 1 is 1.28 bits per heavy atom. The van der Waals surface area contributed by atoms with E-state index in [4.69, 9.17) is 9.15 Å². The molecule has 0 saturated carbocycles. The average molecular weight is 456 g/mol. The number of ether oxygens (including phenoxy) is 1. The van der Waals surface area contributed by atoms with Gasteiger partial charge in [-0.2, -0.15) is 0 Å². The number of halogens is 1. The monoisotopic (exact) mass is 456 g/mol. The molecule has 3 rings (SSSR count). The molecule has 0 fully saturated rings. The number of hydrogen-bond acceptors (Lipinski definition) is 4. The number of para-hydroxylation sites is 1. The van der Waals surface area contributed by atoms with E-state index < -0.39 is 0 Å². The molecule has 0 bridgehead atoms. The Morgan fingerprint density at radius 2 is 2.08 bits per heavy atom. The van der Waals surface area contributed by atoms with Crippen molar-refractivity contribution in [3.63, 3.8) is 0 Å². The maximum Gasteiger partial charge on any atom is 0.214 e. The maximum atomic E-state index is 5.71. The smallest absolute Gasteiger partial charge is 0.214 e. The SMILES string of the molecule is CN=C(NCc1nc(C)c(C)o1)NCC1CCOc2ccccc21.I. The van der Waals surface area contributed by atoms with Gasteiger partial charge in [0.05, 0.1) is 18.8 Å². The van der Waals surface area contributed by atoms with E-state index in [-0.39, 0.29) is 24.0 Å². The number of rotatable bonds is 4. The number of aryl methyl sites for hydroxylation is 2. The van der Waals surface area contributed by atoms with Crippen LogP contribution in [0.5, 0.6) is 5.75 Å². The highest BCUT2D eigenvalue weighted by Crippen LogP contribution is 2.32. The van der Waals surface area contributed by atoms with Gasteiger partial charge in [0, 0.05) is 19.5 Å². The third kappa shape index (κ3) is 4.87. The Kier molecular flexibility index (Phi) is 7.10. The second kappa shape index (κ2) is 9.07. The summed E-state index contributed by atoms with van der Waals surface area (Å²) in [4.78, 5) is 8.63. The Balaban J connectivity index is 0.00000225. The van der Waals surface area contributed by atoms with E-state index in [1.165, 1.54) is 5.56 Å². The van der Waals surface area contributed by atoms with Crippen LogP contribution in [0.15, 0.2) is 33.7 Å². The zero-order chi connectivity index (χ0) is 16.9. The Hall–Kier alpha value is -1.77. The number of aromatic nitrogens is 1. The largest absolute Gasteiger partial charge is 0.493 e. The highest BCUT2D eigenvalue weighted by atomic mass is 127. The minimum atomic E-state index is 0. The fourth-order valence-electron chi connectivity index (χ4n) is 2.84. The van der Waals surface area contributed by atoms with Crippen molar-refractivity contribution in [1.82, 2.24) is 15.6 Å². The van der Waals surface area contributed by atoms with Crippen molar-refractivity contribution in [3.05, 3.63) is 47.2 Å². The van der Waals surface area contributed by atoms with Crippen molar-refractivity contribution < 1.29 is 9.15 Å². The fourth-order valence-corrected chi connectivity index (χ4v) is 2.84. The summed E-state index contributed by atoms with van der Waals surface area (Å²) in [5, 5.41) is 6.63. The lowest BCUT2D eigenvalue weighted by molar-refractivity contribution is 0.267. The van der Waals surface area contributed by atoms with Crippen LogP contribution in [0.1, 0.15) is 35.2 Å². The molecule has 1 aliphatic heterocycles. The third-order valence-electron chi connectivity index (χ3n) is 4.30. The van der Waals surface area contributed by atoms with Gasteiger partial charge in [-0.1, -0.05) is 18.2 Å². The van der Waals surface area contributed by atoms with Gasteiger partial charge < -0.3 is 19.8 Å². The van der Waals surface area contributed by atoms with Crippen LogP contribution < -0.4 is 15.4 Å². The van der Waals surface area contributed by atoms with Crippen LogP contribution in [0.2, 0.25) is 0 Å². The fraction of sp³-hybridized carbons (Fsp3) is 0.444. The van der Waals surface area contributed by atoms with E-state index in [2.05, 4.69) is 32.7 Å². The topological polar surface area (TPSA) is 71.7 Å². The van der Waals surface area contributed by atoms with Crippen molar-refractivity contribution in [2.24, 2.45) is 4.99 Å². The summed E-state index contributed by atoms with van der Waals surface area (Å²) >= 11 is 0. The van der Waals surface area contributed by atoms with E-state index in [1.54, 1.807) is 7.05 Å². The standard InChI is InChI=1S/C18H24N4O2.HI/c1-12-13(2)24-17(22-12)11-21-18(19-3)20-10-14-8-9-23-16-7-5-4-6-15(14)16;/h4-7,14H,8-11H2,1-3H3,(H2,19,20,21);1H. The third-order valence-corrected chi connectivity index (χ3v) is 4.30. The van der Waals surface area contributed by atoms with Gasteiger partial charge in [-0.05, 0) is 31.9 Å². The zero-order valence-corrected chi connectivity index (χ0v) is 17.2. The van der Waals surface area contributed by atoms with E-state index in [1.807, 2.05) is 26.0 Å². The summed E-state index contributed by atoms with van der Waals surface area (Å²) in [6, 6.07) is 8.23. The van der Waals surface area contributed by atoms with Crippen molar-refractivity contribution in [2.45, 2.75) is 32.7 Å². The first-order valence-corrected chi connectivity index (χ1v) is 8.26. The van der Waals surface area contributed by atoms with Gasteiger partial charge >= 0.3 is 0 Å². The first kappa shape index (κ1) is 19.6. The van der Waals surface area contributed by atoms with Crippen LogP contribution in [-0.2, 0) is 6.54 Å². The normalized spacial score (nSPS) is 16.4. The highest BCUT2D eigenvalue weighted by Gasteiger charge is 2.21. The molecule has 1 unspecified atom stereocenters. The number of benzene rings is 1. The lowest BCUT2D eigenvalue weighted by atomic mass is 9.93. The molecule has 25 heavy (non-hydrogen) atoms. The lowest BCUT2D eigenvalue weighted by Crippen LogP contribution is -2.39. The maximum absolute atomic E-state index is 5.71. The van der Waals surface area contributed by atoms with Gasteiger partial charge in [-0.3, -0.25) is 4.99 Å². The Bertz CT molecular complexity index is 710.